The van der Waals surface area contributed by atoms with Gasteiger partial charge in [0.15, 0.2) is 0 Å². The summed E-state index contributed by atoms with van der Waals surface area (Å²) in [5.74, 6) is -0.116. The summed E-state index contributed by atoms with van der Waals surface area (Å²) >= 11 is 0. The van der Waals surface area contributed by atoms with E-state index < -0.39 is 0 Å². The molecule has 0 unspecified atom stereocenters. The highest BCUT2D eigenvalue weighted by molar-refractivity contribution is 5.91. The number of aryl methyl sites for hydroxylation is 1. The first-order valence-electron chi connectivity index (χ1n) is 6.37. The molecule has 1 aromatic carbocycles. The molecule has 0 aliphatic heterocycles. The summed E-state index contributed by atoms with van der Waals surface area (Å²) in [6, 6.07) is 7.70. The number of rotatable bonds is 8. The zero-order chi connectivity index (χ0) is 13.2. The van der Waals surface area contributed by atoms with E-state index in [4.69, 9.17) is 4.74 Å². The number of nitrogens with one attached hydrogen (secondary N) is 2. The Morgan fingerprint density at radius 3 is 2.61 bits per heavy atom. The van der Waals surface area contributed by atoms with Gasteiger partial charge in [0, 0.05) is 12.2 Å². The predicted molar refractivity (Wildman–Crippen MR) is 73.8 cm³/mol. The van der Waals surface area contributed by atoms with E-state index in [1.165, 1.54) is 5.56 Å². The smallest absolute Gasteiger partial charge is 0.250 e. The average molecular weight is 250 g/mol. The number of amides is 1. The number of carbonyl (C=O) groups is 1. The lowest BCUT2D eigenvalue weighted by atomic mass is 10.2. The van der Waals surface area contributed by atoms with Crippen molar-refractivity contribution >= 4 is 11.6 Å². The van der Waals surface area contributed by atoms with Gasteiger partial charge in [-0.3, -0.25) is 4.79 Å². The van der Waals surface area contributed by atoms with Gasteiger partial charge in [-0.1, -0.05) is 24.6 Å². The normalized spacial score (nSPS) is 10.3. The van der Waals surface area contributed by atoms with Crippen LogP contribution in [0.15, 0.2) is 24.3 Å². The molecule has 0 spiro atoms. The summed E-state index contributed by atoms with van der Waals surface area (Å²) in [7, 11) is 0. The van der Waals surface area contributed by atoms with Crippen molar-refractivity contribution in [3.8, 4) is 0 Å². The number of benzene rings is 1. The van der Waals surface area contributed by atoms with Gasteiger partial charge in [-0.05, 0) is 32.0 Å². The fourth-order valence-corrected chi connectivity index (χ4v) is 1.44. The van der Waals surface area contributed by atoms with E-state index in [0.29, 0.717) is 6.61 Å². The third-order valence-corrected chi connectivity index (χ3v) is 2.42. The van der Waals surface area contributed by atoms with Gasteiger partial charge in [0.25, 0.3) is 0 Å². The third kappa shape index (κ3) is 6.37. The minimum absolute atomic E-state index is 0.0989. The Kier molecular flexibility index (Phi) is 7.06. The van der Waals surface area contributed by atoms with Crippen molar-refractivity contribution in [1.29, 1.82) is 0 Å². The monoisotopic (exact) mass is 250 g/mol. The van der Waals surface area contributed by atoms with Gasteiger partial charge in [-0.25, -0.2) is 0 Å². The summed E-state index contributed by atoms with van der Waals surface area (Å²) in [4.78, 5) is 11.5. The van der Waals surface area contributed by atoms with E-state index in [1.54, 1.807) is 0 Å². The van der Waals surface area contributed by atoms with E-state index in [0.717, 1.165) is 25.2 Å². The Balaban J connectivity index is 2.12. The second-order valence-electron chi connectivity index (χ2n) is 4.22. The summed E-state index contributed by atoms with van der Waals surface area (Å²) in [5.41, 5.74) is 1.98. The zero-order valence-electron chi connectivity index (χ0n) is 11.2. The van der Waals surface area contributed by atoms with Crippen LogP contribution in [0.3, 0.4) is 0 Å². The van der Waals surface area contributed by atoms with Gasteiger partial charge in [0.2, 0.25) is 5.91 Å². The van der Waals surface area contributed by atoms with Crippen LogP contribution >= 0.6 is 0 Å². The lowest BCUT2D eigenvalue weighted by Crippen LogP contribution is -2.24. The summed E-state index contributed by atoms with van der Waals surface area (Å²) < 4.78 is 5.26. The molecule has 0 aliphatic rings. The van der Waals surface area contributed by atoms with Crippen molar-refractivity contribution in [2.45, 2.75) is 20.3 Å². The molecule has 1 rings (SSSR count). The molecule has 2 N–H and O–H groups in total. The SMILES string of the molecule is CCCNCCOCC(=O)Nc1ccc(C)cc1. The van der Waals surface area contributed by atoms with E-state index in [2.05, 4.69) is 17.6 Å². The maximum absolute atomic E-state index is 11.5. The van der Waals surface area contributed by atoms with E-state index in [1.807, 2.05) is 31.2 Å². The highest BCUT2D eigenvalue weighted by Crippen LogP contribution is 2.08. The fraction of sp³-hybridized carbons (Fsp3) is 0.500. The predicted octanol–water partition coefficient (Wildman–Crippen LogP) is 1.95. The van der Waals surface area contributed by atoms with E-state index in [9.17, 15) is 4.79 Å². The maximum Gasteiger partial charge on any atom is 0.250 e. The molecule has 0 bridgehead atoms. The molecule has 4 nitrogen and oxygen atoms in total. The molecule has 0 radical (unpaired) electrons. The first kappa shape index (κ1) is 14.7. The van der Waals surface area contributed by atoms with Gasteiger partial charge in [0.1, 0.15) is 6.61 Å². The Morgan fingerprint density at radius 2 is 1.94 bits per heavy atom. The van der Waals surface area contributed by atoms with Gasteiger partial charge in [-0.15, -0.1) is 0 Å². The molecule has 4 heteroatoms. The van der Waals surface area contributed by atoms with E-state index in [-0.39, 0.29) is 12.5 Å². The molecule has 0 aliphatic carbocycles. The van der Waals surface area contributed by atoms with Crippen LogP contribution in [0.25, 0.3) is 0 Å². The molecule has 1 amide bonds. The molecule has 0 aromatic heterocycles. The van der Waals surface area contributed by atoms with Crippen molar-refractivity contribution in [2.75, 3.05) is 31.6 Å². The lowest BCUT2D eigenvalue weighted by Gasteiger charge is -2.07. The van der Waals surface area contributed by atoms with Gasteiger partial charge < -0.3 is 15.4 Å². The summed E-state index contributed by atoms with van der Waals surface area (Å²) in [5, 5.41) is 5.99. The molecule has 0 atom stereocenters. The van der Waals surface area contributed by atoms with Crippen molar-refractivity contribution in [3.05, 3.63) is 29.8 Å². The molecule has 18 heavy (non-hydrogen) atoms. The highest BCUT2D eigenvalue weighted by atomic mass is 16.5. The topological polar surface area (TPSA) is 50.4 Å². The van der Waals surface area contributed by atoms with Crippen molar-refractivity contribution in [1.82, 2.24) is 5.32 Å². The number of anilines is 1. The second-order valence-corrected chi connectivity index (χ2v) is 4.22. The first-order chi connectivity index (χ1) is 8.72. The molecule has 0 fully saturated rings. The van der Waals surface area contributed by atoms with Crippen LogP contribution in [0, 0.1) is 6.92 Å². The summed E-state index contributed by atoms with van der Waals surface area (Å²) in [6.07, 6.45) is 1.11. The molecule has 100 valence electrons. The van der Waals surface area contributed by atoms with Crippen LogP contribution in [0.5, 0.6) is 0 Å². The lowest BCUT2D eigenvalue weighted by molar-refractivity contribution is -0.120. The van der Waals surface area contributed by atoms with Crippen LogP contribution in [-0.2, 0) is 9.53 Å². The molecule has 0 heterocycles. The molecule has 1 aromatic rings. The Morgan fingerprint density at radius 1 is 1.22 bits per heavy atom. The largest absolute Gasteiger partial charge is 0.370 e. The van der Waals surface area contributed by atoms with Crippen LogP contribution < -0.4 is 10.6 Å². The molecule has 0 saturated carbocycles. The second kappa shape index (κ2) is 8.66. The van der Waals surface area contributed by atoms with Crippen LogP contribution in [-0.4, -0.2) is 32.2 Å². The number of ether oxygens (including phenoxy) is 1. The van der Waals surface area contributed by atoms with Crippen molar-refractivity contribution in [3.63, 3.8) is 0 Å². The number of hydrogen-bond donors (Lipinski definition) is 2. The highest BCUT2D eigenvalue weighted by Gasteiger charge is 2.01. The Bertz CT molecular complexity index is 349. The summed E-state index contributed by atoms with van der Waals surface area (Å²) in [6.45, 7) is 6.55. The van der Waals surface area contributed by atoms with Crippen LogP contribution in [0.2, 0.25) is 0 Å². The Labute approximate surface area is 109 Å². The minimum Gasteiger partial charge on any atom is -0.370 e. The first-order valence-corrected chi connectivity index (χ1v) is 6.37. The minimum atomic E-state index is -0.116. The fourth-order valence-electron chi connectivity index (χ4n) is 1.44. The molecular formula is C14H22N2O2. The van der Waals surface area contributed by atoms with Gasteiger partial charge >= 0.3 is 0 Å². The molecular weight excluding hydrogens is 228 g/mol. The maximum atomic E-state index is 11.5. The van der Waals surface area contributed by atoms with Gasteiger partial charge in [0.05, 0.1) is 6.61 Å². The zero-order valence-corrected chi connectivity index (χ0v) is 11.2. The van der Waals surface area contributed by atoms with Crippen molar-refractivity contribution < 1.29 is 9.53 Å². The third-order valence-electron chi connectivity index (χ3n) is 2.42. The number of hydrogen-bond acceptors (Lipinski definition) is 3. The van der Waals surface area contributed by atoms with E-state index >= 15 is 0 Å². The Hall–Kier alpha value is -1.39. The van der Waals surface area contributed by atoms with Crippen LogP contribution in [0.4, 0.5) is 5.69 Å². The van der Waals surface area contributed by atoms with Crippen LogP contribution in [0.1, 0.15) is 18.9 Å². The standard InChI is InChI=1S/C14H22N2O2/c1-3-8-15-9-10-18-11-14(17)16-13-6-4-12(2)5-7-13/h4-7,15H,3,8-11H2,1-2H3,(H,16,17). The number of carbonyl (C=O) groups excluding carboxylic acids is 1. The molecule has 0 saturated heterocycles. The van der Waals surface area contributed by atoms with Crippen molar-refractivity contribution in [2.24, 2.45) is 0 Å². The van der Waals surface area contributed by atoms with Gasteiger partial charge in [-0.2, -0.15) is 0 Å². The average Bonchev–Trinajstić information content (AvgIpc) is 2.36. The quantitative estimate of drug-likeness (QED) is 0.693.